The van der Waals surface area contributed by atoms with Crippen LogP contribution in [0.1, 0.15) is 13.8 Å². The monoisotopic (exact) mass is 263 g/mol. The van der Waals surface area contributed by atoms with E-state index in [1.807, 2.05) is 0 Å². The van der Waals surface area contributed by atoms with E-state index in [4.69, 9.17) is 9.84 Å². The van der Waals surface area contributed by atoms with Crippen LogP contribution in [0.25, 0.3) is 0 Å². The smallest absolute Gasteiger partial charge is 0.307 e. The molecule has 1 saturated carbocycles. The molecule has 1 aliphatic rings. The molecular formula is C14H17NO4. The molecule has 1 aromatic rings. The van der Waals surface area contributed by atoms with Crippen molar-refractivity contribution < 1.29 is 19.4 Å². The summed E-state index contributed by atoms with van der Waals surface area (Å²) in [5, 5.41) is 11.8. The molecule has 0 saturated heterocycles. The summed E-state index contributed by atoms with van der Waals surface area (Å²) in [5.74, 6) is -1.77. The lowest BCUT2D eigenvalue weighted by molar-refractivity contribution is -0.140. The number of anilines is 1. The third-order valence-electron chi connectivity index (χ3n) is 3.74. The van der Waals surface area contributed by atoms with Crippen LogP contribution in [0.4, 0.5) is 5.69 Å². The van der Waals surface area contributed by atoms with Gasteiger partial charge in [-0.2, -0.15) is 0 Å². The molecule has 0 radical (unpaired) electrons. The first-order chi connectivity index (χ1) is 8.89. The van der Waals surface area contributed by atoms with E-state index < -0.39 is 23.2 Å². The average molecular weight is 263 g/mol. The number of rotatable bonds is 4. The molecule has 5 heteroatoms. The van der Waals surface area contributed by atoms with Gasteiger partial charge in [0.1, 0.15) is 5.75 Å². The topological polar surface area (TPSA) is 75.6 Å². The maximum atomic E-state index is 12.1. The van der Waals surface area contributed by atoms with Crippen molar-refractivity contribution in [1.82, 2.24) is 0 Å². The predicted octanol–water partition coefficient (Wildman–Crippen LogP) is 1.99. The number of benzene rings is 1. The Morgan fingerprint density at radius 3 is 2.42 bits per heavy atom. The van der Waals surface area contributed by atoms with Gasteiger partial charge in [0.05, 0.1) is 24.6 Å². The first-order valence-corrected chi connectivity index (χ1v) is 6.06. The summed E-state index contributed by atoms with van der Waals surface area (Å²) < 4.78 is 5.14. The zero-order valence-electron chi connectivity index (χ0n) is 11.1. The van der Waals surface area contributed by atoms with Crippen LogP contribution in [0.5, 0.6) is 5.75 Å². The van der Waals surface area contributed by atoms with Gasteiger partial charge < -0.3 is 15.2 Å². The molecule has 0 heterocycles. The molecule has 2 rings (SSSR count). The lowest BCUT2D eigenvalue weighted by Crippen LogP contribution is -2.18. The maximum Gasteiger partial charge on any atom is 0.307 e. The van der Waals surface area contributed by atoms with Crippen molar-refractivity contribution >= 4 is 17.6 Å². The summed E-state index contributed by atoms with van der Waals surface area (Å²) in [5.41, 5.74) is 0.0552. The van der Waals surface area contributed by atoms with Crippen molar-refractivity contribution in [3.8, 4) is 5.75 Å². The van der Waals surface area contributed by atoms with Gasteiger partial charge in [-0.25, -0.2) is 0 Å². The summed E-state index contributed by atoms with van der Waals surface area (Å²) >= 11 is 0. The molecule has 5 nitrogen and oxygen atoms in total. The standard InChI is InChI=1S/C14H17NO4/c1-14(2)10(11(14)13(17)18)12(16)15-8-6-4-5-7-9(8)19-3/h4-7,10-11H,1-3H3,(H,15,16)(H,17,18). The second-order valence-electron chi connectivity index (χ2n) is 5.30. The van der Waals surface area contributed by atoms with Crippen LogP contribution in [0.15, 0.2) is 24.3 Å². The number of carboxylic acid groups (broad SMARTS) is 1. The van der Waals surface area contributed by atoms with E-state index in [1.54, 1.807) is 38.1 Å². The van der Waals surface area contributed by atoms with Gasteiger partial charge in [-0.05, 0) is 17.5 Å². The highest BCUT2D eigenvalue weighted by Crippen LogP contribution is 2.58. The second-order valence-corrected chi connectivity index (χ2v) is 5.30. The summed E-state index contributed by atoms with van der Waals surface area (Å²) in [6.45, 7) is 3.58. The van der Waals surface area contributed by atoms with Crippen LogP contribution in [0.2, 0.25) is 0 Å². The van der Waals surface area contributed by atoms with Gasteiger partial charge >= 0.3 is 5.97 Å². The van der Waals surface area contributed by atoms with Crippen molar-refractivity contribution in [2.24, 2.45) is 17.3 Å². The normalized spacial score (nSPS) is 23.5. The Balaban J connectivity index is 2.13. The van der Waals surface area contributed by atoms with E-state index in [0.717, 1.165) is 0 Å². The molecule has 2 unspecified atom stereocenters. The number of carbonyl (C=O) groups excluding carboxylic acids is 1. The van der Waals surface area contributed by atoms with Crippen molar-refractivity contribution in [1.29, 1.82) is 0 Å². The Hall–Kier alpha value is -2.04. The van der Waals surface area contributed by atoms with Gasteiger partial charge in [0.15, 0.2) is 0 Å². The number of nitrogens with one attached hydrogen (secondary N) is 1. The Bertz CT molecular complexity index is 524. The number of amides is 1. The highest BCUT2D eigenvalue weighted by Gasteiger charge is 2.65. The molecular weight excluding hydrogens is 246 g/mol. The van der Waals surface area contributed by atoms with Gasteiger partial charge in [0.2, 0.25) is 5.91 Å². The summed E-state index contributed by atoms with van der Waals surface area (Å²) in [6.07, 6.45) is 0. The summed E-state index contributed by atoms with van der Waals surface area (Å²) in [7, 11) is 1.52. The molecule has 0 spiro atoms. The number of hydrogen-bond donors (Lipinski definition) is 2. The van der Waals surface area contributed by atoms with Crippen molar-refractivity contribution in [2.45, 2.75) is 13.8 Å². The fraction of sp³-hybridized carbons (Fsp3) is 0.429. The Morgan fingerprint density at radius 2 is 1.89 bits per heavy atom. The Labute approximate surface area is 111 Å². The zero-order chi connectivity index (χ0) is 14.2. The molecule has 0 aliphatic heterocycles. The minimum absolute atomic E-state index is 0.276. The number of carbonyl (C=O) groups is 2. The second kappa shape index (κ2) is 4.57. The van der Waals surface area contributed by atoms with Crippen LogP contribution >= 0.6 is 0 Å². The number of hydrogen-bond acceptors (Lipinski definition) is 3. The average Bonchev–Trinajstić information content (AvgIpc) is 2.93. The number of ether oxygens (including phenoxy) is 1. The van der Waals surface area contributed by atoms with Gasteiger partial charge in [0.25, 0.3) is 0 Å². The molecule has 0 bridgehead atoms. The third-order valence-corrected chi connectivity index (χ3v) is 3.74. The maximum absolute atomic E-state index is 12.1. The highest BCUT2D eigenvalue weighted by atomic mass is 16.5. The van der Waals surface area contributed by atoms with Gasteiger partial charge in [-0.15, -0.1) is 0 Å². The van der Waals surface area contributed by atoms with Crippen molar-refractivity contribution in [3.05, 3.63) is 24.3 Å². The van der Waals surface area contributed by atoms with Gasteiger partial charge in [-0.3, -0.25) is 9.59 Å². The van der Waals surface area contributed by atoms with Crippen molar-refractivity contribution in [2.75, 3.05) is 12.4 Å². The number of aliphatic carboxylic acids is 1. The van der Waals surface area contributed by atoms with Crippen molar-refractivity contribution in [3.63, 3.8) is 0 Å². The Kier molecular flexibility index (Phi) is 3.22. The largest absolute Gasteiger partial charge is 0.495 e. The molecule has 1 aliphatic carbocycles. The van der Waals surface area contributed by atoms with E-state index >= 15 is 0 Å². The number of methoxy groups -OCH3 is 1. The quantitative estimate of drug-likeness (QED) is 0.871. The number of carboxylic acids is 1. The van der Waals surface area contributed by atoms with Crippen LogP contribution in [0, 0.1) is 17.3 Å². The lowest BCUT2D eigenvalue weighted by atomic mass is 10.1. The van der Waals surface area contributed by atoms with Gasteiger partial charge in [-0.1, -0.05) is 26.0 Å². The van der Waals surface area contributed by atoms with Crippen LogP contribution in [0.3, 0.4) is 0 Å². The highest BCUT2D eigenvalue weighted by molar-refractivity contribution is 6.00. The first kappa shape index (κ1) is 13.4. The van der Waals surface area contributed by atoms with Crippen LogP contribution < -0.4 is 10.1 Å². The fourth-order valence-electron chi connectivity index (χ4n) is 2.55. The van der Waals surface area contributed by atoms with E-state index in [-0.39, 0.29) is 5.91 Å². The summed E-state index contributed by atoms with van der Waals surface area (Å²) in [6, 6.07) is 7.05. The third kappa shape index (κ3) is 2.28. The molecule has 2 atom stereocenters. The van der Waals surface area contributed by atoms with E-state index in [2.05, 4.69) is 5.32 Å². The van der Waals surface area contributed by atoms with Crippen LogP contribution in [-0.4, -0.2) is 24.1 Å². The SMILES string of the molecule is COc1ccccc1NC(=O)C1C(C(=O)O)C1(C)C. The molecule has 19 heavy (non-hydrogen) atoms. The van der Waals surface area contributed by atoms with E-state index in [1.165, 1.54) is 7.11 Å². The molecule has 0 aromatic heterocycles. The minimum Gasteiger partial charge on any atom is -0.495 e. The molecule has 1 aromatic carbocycles. The fourth-order valence-corrected chi connectivity index (χ4v) is 2.55. The van der Waals surface area contributed by atoms with E-state index in [0.29, 0.717) is 11.4 Å². The van der Waals surface area contributed by atoms with Crippen LogP contribution in [-0.2, 0) is 9.59 Å². The molecule has 1 amide bonds. The lowest BCUT2D eigenvalue weighted by Gasteiger charge is -2.10. The Morgan fingerprint density at radius 1 is 1.26 bits per heavy atom. The molecule has 1 fully saturated rings. The predicted molar refractivity (Wildman–Crippen MR) is 70.0 cm³/mol. The minimum atomic E-state index is -0.926. The first-order valence-electron chi connectivity index (χ1n) is 6.06. The van der Waals surface area contributed by atoms with E-state index in [9.17, 15) is 9.59 Å². The number of para-hydroxylation sites is 2. The summed E-state index contributed by atoms with van der Waals surface area (Å²) in [4.78, 5) is 23.2. The molecule has 2 N–H and O–H groups in total. The molecule has 102 valence electrons. The van der Waals surface area contributed by atoms with Gasteiger partial charge in [0, 0.05) is 0 Å². The zero-order valence-corrected chi connectivity index (χ0v) is 11.1.